The van der Waals surface area contributed by atoms with Crippen LogP contribution in [0, 0.1) is 13.8 Å². The lowest BCUT2D eigenvalue weighted by Crippen LogP contribution is -2.32. The largest absolute Gasteiger partial charge is 0.477 e. The highest BCUT2D eigenvalue weighted by Gasteiger charge is 2.33. The molecule has 0 saturated heterocycles. The van der Waals surface area contributed by atoms with Crippen LogP contribution >= 0.6 is 0 Å². The summed E-state index contributed by atoms with van der Waals surface area (Å²) in [5, 5.41) is 0. The zero-order valence-corrected chi connectivity index (χ0v) is 18.5. The standard InChI is InChI=1S/C27H23NO5/c1-16-4-3-5-18(8-16)9-24-25(29)21-11-20-13-28(14-30-26(20)17(2)27(21)33-24)12-19-6-7-22-23(10-19)32-15-31-22/h3-11H,12-15H2,1-2H3/b24-9-. The van der Waals surface area contributed by atoms with Gasteiger partial charge < -0.3 is 18.9 Å². The third kappa shape index (κ3) is 3.52. The van der Waals surface area contributed by atoms with E-state index in [4.69, 9.17) is 18.9 Å². The summed E-state index contributed by atoms with van der Waals surface area (Å²) in [5.41, 5.74) is 5.65. The first kappa shape index (κ1) is 19.9. The molecule has 0 spiro atoms. The molecule has 0 saturated carbocycles. The fourth-order valence-corrected chi connectivity index (χ4v) is 4.61. The molecule has 3 aliphatic rings. The maximum atomic E-state index is 13.1. The molecule has 3 aromatic carbocycles. The molecule has 0 amide bonds. The fourth-order valence-electron chi connectivity index (χ4n) is 4.61. The predicted molar refractivity (Wildman–Crippen MR) is 123 cm³/mol. The van der Waals surface area contributed by atoms with E-state index >= 15 is 0 Å². The molecule has 33 heavy (non-hydrogen) atoms. The van der Waals surface area contributed by atoms with Gasteiger partial charge in [0.2, 0.25) is 12.6 Å². The molecule has 0 radical (unpaired) electrons. The third-order valence-corrected chi connectivity index (χ3v) is 6.18. The second-order valence-corrected chi connectivity index (χ2v) is 8.67. The Balaban J connectivity index is 1.26. The molecule has 0 aromatic heterocycles. The van der Waals surface area contributed by atoms with Crippen LogP contribution in [0.25, 0.3) is 6.08 Å². The average Bonchev–Trinajstić information content (AvgIpc) is 3.39. The Labute approximate surface area is 191 Å². The van der Waals surface area contributed by atoms with Gasteiger partial charge in [-0.05, 0) is 49.2 Å². The zero-order chi connectivity index (χ0) is 22.5. The van der Waals surface area contributed by atoms with Crippen molar-refractivity contribution in [2.24, 2.45) is 0 Å². The van der Waals surface area contributed by atoms with Crippen molar-refractivity contribution in [3.05, 3.63) is 87.7 Å². The number of ketones is 1. The van der Waals surface area contributed by atoms with Crippen molar-refractivity contribution < 1.29 is 23.7 Å². The van der Waals surface area contributed by atoms with Crippen molar-refractivity contribution in [2.45, 2.75) is 26.9 Å². The Morgan fingerprint density at radius 1 is 0.970 bits per heavy atom. The quantitative estimate of drug-likeness (QED) is 0.533. The van der Waals surface area contributed by atoms with Crippen LogP contribution in [0.2, 0.25) is 0 Å². The maximum absolute atomic E-state index is 13.1. The summed E-state index contributed by atoms with van der Waals surface area (Å²) in [6, 6.07) is 15.9. The first-order chi connectivity index (χ1) is 16.0. The molecule has 0 atom stereocenters. The molecule has 0 bridgehead atoms. The Bertz CT molecular complexity index is 1330. The minimum absolute atomic E-state index is 0.0923. The number of hydrogen-bond acceptors (Lipinski definition) is 6. The van der Waals surface area contributed by atoms with Gasteiger partial charge in [-0.25, -0.2) is 0 Å². The number of nitrogens with zero attached hydrogens (tertiary/aromatic N) is 1. The van der Waals surface area contributed by atoms with Crippen LogP contribution in [-0.4, -0.2) is 24.2 Å². The normalized spacial score (nSPS) is 17.5. The fraction of sp³-hybridized carbons (Fsp3) is 0.222. The van der Waals surface area contributed by atoms with Crippen molar-refractivity contribution in [3.63, 3.8) is 0 Å². The molecule has 3 aromatic rings. The third-order valence-electron chi connectivity index (χ3n) is 6.18. The van der Waals surface area contributed by atoms with E-state index in [9.17, 15) is 4.79 Å². The topological polar surface area (TPSA) is 57.2 Å². The van der Waals surface area contributed by atoms with Gasteiger partial charge in [-0.3, -0.25) is 9.69 Å². The van der Waals surface area contributed by atoms with Gasteiger partial charge in [0, 0.05) is 24.2 Å². The predicted octanol–water partition coefficient (Wildman–Crippen LogP) is 5.00. The molecule has 6 rings (SSSR count). The molecule has 0 fully saturated rings. The summed E-state index contributed by atoms with van der Waals surface area (Å²) in [5.74, 6) is 3.21. The summed E-state index contributed by atoms with van der Waals surface area (Å²) in [6.45, 7) is 6.09. The summed E-state index contributed by atoms with van der Waals surface area (Å²) in [7, 11) is 0. The van der Waals surface area contributed by atoms with Gasteiger partial charge in [0.15, 0.2) is 17.3 Å². The lowest BCUT2D eigenvalue weighted by atomic mass is 9.99. The summed E-state index contributed by atoms with van der Waals surface area (Å²) in [6.07, 6.45) is 1.81. The number of ether oxygens (including phenoxy) is 4. The van der Waals surface area contributed by atoms with Crippen LogP contribution in [0.1, 0.15) is 38.2 Å². The first-order valence-electron chi connectivity index (χ1n) is 11.0. The SMILES string of the molecule is Cc1cccc(/C=C2\Oc3c(cc4c(c3C)OCN(Cc3ccc5c(c3)OCO5)C4)C2=O)c1. The van der Waals surface area contributed by atoms with Crippen LogP contribution in [0.4, 0.5) is 0 Å². The number of fused-ring (bicyclic) bond motifs is 3. The highest BCUT2D eigenvalue weighted by atomic mass is 16.7. The zero-order valence-electron chi connectivity index (χ0n) is 18.5. The van der Waals surface area contributed by atoms with Gasteiger partial charge >= 0.3 is 0 Å². The van der Waals surface area contributed by atoms with Crippen LogP contribution in [0.15, 0.2) is 54.3 Å². The molecule has 0 unspecified atom stereocenters. The van der Waals surface area contributed by atoms with Crippen molar-refractivity contribution in [1.82, 2.24) is 4.90 Å². The Morgan fingerprint density at radius 2 is 1.85 bits per heavy atom. The minimum atomic E-state index is -0.0923. The van der Waals surface area contributed by atoms with E-state index in [1.54, 1.807) is 6.08 Å². The van der Waals surface area contributed by atoms with Crippen LogP contribution < -0.4 is 18.9 Å². The average molecular weight is 441 g/mol. The van der Waals surface area contributed by atoms with Crippen molar-refractivity contribution >= 4 is 11.9 Å². The molecular formula is C27H23NO5. The lowest BCUT2D eigenvalue weighted by Gasteiger charge is -2.30. The van der Waals surface area contributed by atoms with Gasteiger partial charge in [-0.1, -0.05) is 35.9 Å². The van der Waals surface area contributed by atoms with Gasteiger partial charge in [-0.2, -0.15) is 0 Å². The van der Waals surface area contributed by atoms with E-state index in [2.05, 4.69) is 4.90 Å². The summed E-state index contributed by atoms with van der Waals surface area (Å²) >= 11 is 0. The molecular weight excluding hydrogens is 418 g/mol. The van der Waals surface area contributed by atoms with Crippen molar-refractivity contribution in [1.29, 1.82) is 0 Å². The van der Waals surface area contributed by atoms with Gasteiger partial charge in [0.05, 0.1) is 5.56 Å². The molecule has 0 N–H and O–H groups in total. The number of carbonyl (C=O) groups excluding carboxylic acids is 1. The van der Waals surface area contributed by atoms with Gasteiger partial charge in [0.25, 0.3) is 0 Å². The van der Waals surface area contributed by atoms with Gasteiger partial charge in [0.1, 0.15) is 18.2 Å². The van der Waals surface area contributed by atoms with E-state index in [0.29, 0.717) is 36.9 Å². The van der Waals surface area contributed by atoms with Crippen molar-refractivity contribution in [3.8, 4) is 23.0 Å². The smallest absolute Gasteiger partial charge is 0.231 e. The molecule has 3 heterocycles. The highest BCUT2D eigenvalue weighted by Crippen LogP contribution is 2.43. The first-order valence-corrected chi connectivity index (χ1v) is 11.0. The second kappa shape index (κ2) is 7.67. The number of allylic oxidation sites excluding steroid dienone is 1. The minimum Gasteiger partial charge on any atom is -0.477 e. The van der Waals surface area contributed by atoms with E-state index in [1.165, 1.54) is 0 Å². The number of rotatable bonds is 3. The number of carbonyl (C=O) groups is 1. The van der Waals surface area contributed by atoms with Crippen LogP contribution in [-0.2, 0) is 13.1 Å². The highest BCUT2D eigenvalue weighted by molar-refractivity contribution is 6.15. The summed E-state index contributed by atoms with van der Waals surface area (Å²) in [4.78, 5) is 15.3. The molecule has 0 aliphatic carbocycles. The number of Topliss-reactive ketones (excluding diaryl/α,β-unsaturated/α-hetero) is 1. The molecule has 6 nitrogen and oxygen atoms in total. The molecule has 166 valence electrons. The Morgan fingerprint density at radius 3 is 2.73 bits per heavy atom. The Hall–Kier alpha value is -3.77. The summed E-state index contributed by atoms with van der Waals surface area (Å²) < 4.78 is 23.0. The van der Waals surface area contributed by atoms with E-state index in [-0.39, 0.29) is 12.6 Å². The molecule has 6 heteroatoms. The van der Waals surface area contributed by atoms with E-state index in [0.717, 1.165) is 45.1 Å². The van der Waals surface area contributed by atoms with Crippen molar-refractivity contribution in [2.75, 3.05) is 13.5 Å². The second-order valence-electron chi connectivity index (χ2n) is 8.67. The number of hydrogen-bond donors (Lipinski definition) is 0. The van der Waals surface area contributed by atoms with Gasteiger partial charge in [-0.15, -0.1) is 0 Å². The van der Waals surface area contributed by atoms with E-state index < -0.39 is 0 Å². The number of aryl methyl sites for hydroxylation is 1. The Kier molecular flexibility index (Phi) is 4.62. The van der Waals surface area contributed by atoms with Crippen LogP contribution in [0.3, 0.4) is 0 Å². The number of benzene rings is 3. The lowest BCUT2D eigenvalue weighted by molar-refractivity contribution is 0.0876. The van der Waals surface area contributed by atoms with E-state index in [1.807, 2.05) is 62.4 Å². The maximum Gasteiger partial charge on any atom is 0.231 e. The molecule has 3 aliphatic heterocycles. The van der Waals surface area contributed by atoms with Crippen LogP contribution in [0.5, 0.6) is 23.0 Å². The monoisotopic (exact) mass is 441 g/mol.